The summed E-state index contributed by atoms with van der Waals surface area (Å²) < 4.78 is 0. The van der Waals surface area contributed by atoms with Crippen molar-refractivity contribution in [2.45, 2.75) is 38.4 Å². The molecule has 0 aliphatic heterocycles. The van der Waals surface area contributed by atoms with Gasteiger partial charge in [-0.1, -0.05) is 19.1 Å². The minimum absolute atomic E-state index is 0.123. The summed E-state index contributed by atoms with van der Waals surface area (Å²) in [4.78, 5) is 12.8. The third-order valence-electron chi connectivity index (χ3n) is 4.03. The van der Waals surface area contributed by atoms with Crippen LogP contribution in [0.25, 0.3) is 0 Å². The zero-order valence-electron chi connectivity index (χ0n) is 12.2. The van der Waals surface area contributed by atoms with E-state index in [1.54, 1.807) is 6.07 Å². The van der Waals surface area contributed by atoms with Gasteiger partial charge in [0.1, 0.15) is 0 Å². The van der Waals surface area contributed by atoms with Gasteiger partial charge in [0.25, 0.3) is 0 Å². The summed E-state index contributed by atoms with van der Waals surface area (Å²) in [5.74, 6) is -0.762. The SMILES string of the molecule is CCN(CC(=O)O)C1CC(NCc2cccc(C#N)c2)C1. The maximum absolute atomic E-state index is 10.8. The molecule has 1 aromatic carbocycles. The molecule has 2 rings (SSSR count). The number of hydrogen-bond acceptors (Lipinski definition) is 4. The van der Waals surface area contributed by atoms with Gasteiger partial charge in [-0.05, 0) is 37.1 Å². The molecule has 0 atom stereocenters. The van der Waals surface area contributed by atoms with Gasteiger partial charge >= 0.3 is 5.97 Å². The van der Waals surface area contributed by atoms with Crippen molar-refractivity contribution >= 4 is 5.97 Å². The monoisotopic (exact) mass is 287 g/mol. The number of nitrogens with zero attached hydrogens (tertiary/aromatic N) is 2. The van der Waals surface area contributed by atoms with Gasteiger partial charge in [0.15, 0.2) is 0 Å². The van der Waals surface area contributed by atoms with E-state index in [4.69, 9.17) is 10.4 Å². The first kappa shape index (κ1) is 15.5. The number of benzene rings is 1. The van der Waals surface area contributed by atoms with Crippen LogP contribution in [0.4, 0.5) is 0 Å². The number of likely N-dealkylation sites (N-methyl/N-ethyl adjacent to an activating group) is 1. The molecule has 0 spiro atoms. The van der Waals surface area contributed by atoms with Gasteiger partial charge in [0.2, 0.25) is 0 Å². The third kappa shape index (κ3) is 4.28. The largest absolute Gasteiger partial charge is 0.480 e. The van der Waals surface area contributed by atoms with E-state index in [0.29, 0.717) is 17.6 Å². The molecule has 0 heterocycles. The summed E-state index contributed by atoms with van der Waals surface area (Å²) in [7, 11) is 0. The molecular formula is C16H21N3O2. The van der Waals surface area contributed by atoms with Crippen LogP contribution in [-0.4, -0.2) is 41.1 Å². The number of carbonyl (C=O) groups is 1. The van der Waals surface area contributed by atoms with Crippen molar-refractivity contribution in [3.05, 3.63) is 35.4 Å². The fourth-order valence-corrected chi connectivity index (χ4v) is 2.74. The van der Waals surface area contributed by atoms with Gasteiger partial charge < -0.3 is 10.4 Å². The molecule has 5 heteroatoms. The number of nitriles is 1. The van der Waals surface area contributed by atoms with Gasteiger partial charge in [-0.25, -0.2) is 0 Å². The maximum Gasteiger partial charge on any atom is 0.317 e. The predicted molar refractivity (Wildman–Crippen MR) is 79.7 cm³/mol. The standard InChI is InChI=1S/C16H21N3O2/c1-2-19(11-16(20)21)15-7-14(8-15)18-10-13-5-3-4-12(6-13)9-17/h3-6,14-15,18H,2,7-8,10-11H2,1H3,(H,20,21). The lowest BCUT2D eigenvalue weighted by Crippen LogP contribution is -2.53. The number of rotatable bonds is 7. The van der Waals surface area contributed by atoms with Crippen LogP contribution in [0.1, 0.15) is 30.9 Å². The third-order valence-corrected chi connectivity index (χ3v) is 4.03. The Morgan fingerprint density at radius 2 is 2.29 bits per heavy atom. The van der Waals surface area contributed by atoms with Crippen molar-refractivity contribution in [1.82, 2.24) is 10.2 Å². The van der Waals surface area contributed by atoms with E-state index in [1.807, 2.05) is 30.0 Å². The second-order valence-corrected chi connectivity index (χ2v) is 5.47. The number of hydrogen-bond donors (Lipinski definition) is 2. The van der Waals surface area contributed by atoms with Crippen LogP contribution >= 0.6 is 0 Å². The highest BCUT2D eigenvalue weighted by molar-refractivity contribution is 5.69. The molecule has 0 radical (unpaired) electrons. The van der Waals surface area contributed by atoms with E-state index in [0.717, 1.165) is 31.5 Å². The van der Waals surface area contributed by atoms with Crippen molar-refractivity contribution in [3.63, 3.8) is 0 Å². The average Bonchev–Trinajstić information content (AvgIpc) is 2.44. The van der Waals surface area contributed by atoms with Gasteiger partial charge in [0.05, 0.1) is 18.2 Å². The molecule has 0 bridgehead atoms. The van der Waals surface area contributed by atoms with E-state index < -0.39 is 5.97 Å². The molecule has 0 unspecified atom stereocenters. The number of carboxylic acid groups (broad SMARTS) is 1. The minimum Gasteiger partial charge on any atom is -0.480 e. The molecule has 1 saturated carbocycles. The van der Waals surface area contributed by atoms with Crippen molar-refractivity contribution in [2.75, 3.05) is 13.1 Å². The Balaban J connectivity index is 1.75. The highest BCUT2D eigenvalue weighted by Crippen LogP contribution is 2.25. The lowest BCUT2D eigenvalue weighted by molar-refractivity contribution is -0.139. The number of aliphatic carboxylic acids is 1. The molecular weight excluding hydrogens is 266 g/mol. The van der Waals surface area contributed by atoms with E-state index in [-0.39, 0.29) is 6.54 Å². The number of carboxylic acids is 1. The van der Waals surface area contributed by atoms with E-state index in [1.165, 1.54) is 0 Å². The molecule has 21 heavy (non-hydrogen) atoms. The molecule has 1 fully saturated rings. The first-order chi connectivity index (χ1) is 10.1. The quantitative estimate of drug-likeness (QED) is 0.796. The van der Waals surface area contributed by atoms with Gasteiger partial charge in [-0.15, -0.1) is 0 Å². The predicted octanol–water partition coefficient (Wildman–Crippen LogP) is 1.59. The van der Waals surface area contributed by atoms with E-state index in [2.05, 4.69) is 11.4 Å². The summed E-state index contributed by atoms with van der Waals surface area (Å²) >= 11 is 0. The van der Waals surface area contributed by atoms with Crippen LogP contribution in [0, 0.1) is 11.3 Å². The van der Waals surface area contributed by atoms with E-state index >= 15 is 0 Å². The Labute approximate surface area is 125 Å². The summed E-state index contributed by atoms with van der Waals surface area (Å²) in [5.41, 5.74) is 1.79. The van der Waals surface area contributed by atoms with Crippen molar-refractivity contribution < 1.29 is 9.90 Å². The fourth-order valence-electron chi connectivity index (χ4n) is 2.74. The summed E-state index contributed by atoms with van der Waals surface area (Å²) in [6.07, 6.45) is 1.97. The average molecular weight is 287 g/mol. The van der Waals surface area contributed by atoms with Crippen LogP contribution in [0.2, 0.25) is 0 Å². The lowest BCUT2D eigenvalue weighted by Gasteiger charge is -2.42. The molecule has 1 aromatic rings. The molecule has 1 aliphatic carbocycles. The number of nitrogens with one attached hydrogen (secondary N) is 1. The van der Waals surface area contributed by atoms with Crippen LogP contribution in [0.3, 0.4) is 0 Å². The first-order valence-corrected chi connectivity index (χ1v) is 7.30. The molecule has 5 nitrogen and oxygen atoms in total. The molecule has 2 N–H and O–H groups in total. The van der Waals surface area contributed by atoms with Gasteiger partial charge in [-0.3, -0.25) is 9.69 Å². The Hall–Kier alpha value is -1.90. The minimum atomic E-state index is -0.762. The smallest absolute Gasteiger partial charge is 0.317 e. The Morgan fingerprint density at radius 1 is 1.52 bits per heavy atom. The van der Waals surface area contributed by atoms with Gasteiger partial charge in [-0.2, -0.15) is 5.26 Å². The summed E-state index contributed by atoms with van der Waals surface area (Å²) in [5, 5.41) is 21.2. The molecule has 112 valence electrons. The Bertz CT molecular complexity index is 533. The maximum atomic E-state index is 10.8. The molecule has 0 saturated heterocycles. The summed E-state index contributed by atoms with van der Waals surface area (Å²) in [6, 6.07) is 10.5. The van der Waals surface area contributed by atoms with Crippen LogP contribution in [0.5, 0.6) is 0 Å². The second kappa shape index (κ2) is 7.21. The zero-order chi connectivity index (χ0) is 15.2. The Morgan fingerprint density at radius 3 is 2.90 bits per heavy atom. The van der Waals surface area contributed by atoms with Crippen molar-refractivity contribution in [3.8, 4) is 6.07 Å². The van der Waals surface area contributed by atoms with Crippen LogP contribution in [-0.2, 0) is 11.3 Å². The topological polar surface area (TPSA) is 76.4 Å². The summed E-state index contributed by atoms with van der Waals surface area (Å²) in [6.45, 7) is 3.64. The van der Waals surface area contributed by atoms with Crippen LogP contribution in [0.15, 0.2) is 24.3 Å². The van der Waals surface area contributed by atoms with Crippen molar-refractivity contribution in [1.29, 1.82) is 5.26 Å². The zero-order valence-corrected chi connectivity index (χ0v) is 12.2. The molecule has 1 aliphatic rings. The molecule has 0 aromatic heterocycles. The fraction of sp³-hybridized carbons (Fsp3) is 0.500. The van der Waals surface area contributed by atoms with E-state index in [9.17, 15) is 4.79 Å². The normalized spacial score (nSPS) is 20.8. The van der Waals surface area contributed by atoms with Crippen molar-refractivity contribution in [2.24, 2.45) is 0 Å². The highest BCUT2D eigenvalue weighted by atomic mass is 16.4. The van der Waals surface area contributed by atoms with Crippen LogP contribution < -0.4 is 5.32 Å². The first-order valence-electron chi connectivity index (χ1n) is 7.30. The second-order valence-electron chi connectivity index (χ2n) is 5.47. The molecule has 0 amide bonds. The Kier molecular flexibility index (Phi) is 5.32. The highest BCUT2D eigenvalue weighted by Gasteiger charge is 2.33. The van der Waals surface area contributed by atoms with Gasteiger partial charge in [0, 0.05) is 18.6 Å². The lowest BCUT2D eigenvalue weighted by atomic mass is 9.85.